The third-order valence-electron chi connectivity index (χ3n) is 2.55. The summed E-state index contributed by atoms with van der Waals surface area (Å²) in [7, 11) is 0. The summed E-state index contributed by atoms with van der Waals surface area (Å²) < 4.78 is 12.8. The first kappa shape index (κ1) is 9.77. The van der Waals surface area contributed by atoms with E-state index in [1.165, 1.54) is 12.1 Å². The molecule has 0 fully saturated rings. The Bertz CT molecular complexity index is 673. The maximum atomic E-state index is 12.8. The van der Waals surface area contributed by atoms with Gasteiger partial charge in [0.2, 0.25) is 0 Å². The molecule has 0 saturated carbocycles. The van der Waals surface area contributed by atoms with Crippen LogP contribution in [0.4, 0.5) is 10.2 Å². The van der Waals surface area contributed by atoms with Crippen LogP contribution >= 0.6 is 0 Å². The second kappa shape index (κ2) is 3.55. The number of rotatable bonds is 1. The van der Waals surface area contributed by atoms with Crippen LogP contribution in [0.25, 0.3) is 22.4 Å². The quantitative estimate of drug-likeness (QED) is 0.671. The number of nitrogens with zero attached hydrogens (tertiary/aromatic N) is 2. The van der Waals surface area contributed by atoms with E-state index in [0.29, 0.717) is 17.3 Å². The molecule has 0 bridgehead atoms. The molecule has 84 valence electrons. The van der Waals surface area contributed by atoms with Crippen molar-refractivity contribution >= 4 is 16.9 Å². The van der Waals surface area contributed by atoms with Crippen molar-refractivity contribution in [2.75, 3.05) is 5.73 Å². The van der Waals surface area contributed by atoms with Crippen molar-refractivity contribution < 1.29 is 4.39 Å². The lowest BCUT2D eigenvalue weighted by Crippen LogP contribution is -1.96. The van der Waals surface area contributed by atoms with Crippen LogP contribution in [0, 0.1) is 5.82 Å². The molecule has 0 radical (unpaired) electrons. The van der Waals surface area contributed by atoms with Gasteiger partial charge in [-0.1, -0.05) is 0 Å². The number of aromatic amines is 1. The number of anilines is 1. The number of hydrogen-bond donors (Lipinski definition) is 2. The first-order valence-corrected chi connectivity index (χ1v) is 5.10. The lowest BCUT2D eigenvalue weighted by molar-refractivity contribution is 0.628. The fraction of sp³-hybridized carbons (Fsp3) is 0. The minimum absolute atomic E-state index is 0.289. The Labute approximate surface area is 96.3 Å². The molecule has 3 aromatic rings. The zero-order chi connectivity index (χ0) is 11.8. The standard InChI is InChI=1S/C12H9FN4/c13-8-3-1-7(2-4-8)11-16-10(14)9-5-6-15-12(9)17-11/h1-6H,(H3,14,15,16,17). The molecule has 5 heteroatoms. The average Bonchev–Trinajstić information content (AvgIpc) is 2.78. The summed E-state index contributed by atoms with van der Waals surface area (Å²) in [4.78, 5) is 11.5. The van der Waals surface area contributed by atoms with Crippen LogP contribution in [0.5, 0.6) is 0 Å². The van der Waals surface area contributed by atoms with Crippen LogP contribution in [0.3, 0.4) is 0 Å². The van der Waals surface area contributed by atoms with Gasteiger partial charge < -0.3 is 10.7 Å². The van der Waals surface area contributed by atoms with Gasteiger partial charge in [-0.3, -0.25) is 0 Å². The number of nitrogen functional groups attached to an aromatic ring is 1. The molecule has 0 unspecified atom stereocenters. The van der Waals surface area contributed by atoms with E-state index in [1.54, 1.807) is 18.3 Å². The Balaban J connectivity index is 2.20. The van der Waals surface area contributed by atoms with Gasteiger partial charge in [-0.05, 0) is 30.3 Å². The van der Waals surface area contributed by atoms with Crippen molar-refractivity contribution in [3.8, 4) is 11.4 Å². The van der Waals surface area contributed by atoms with Crippen molar-refractivity contribution in [3.05, 3.63) is 42.3 Å². The summed E-state index contributed by atoms with van der Waals surface area (Å²) in [5.74, 6) is 0.607. The third kappa shape index (κ3) is 1.61. The fourth-order valence-electron chi connectivity index (χ4n) is 1.69. The van der Waals surface area contributed by atoms with E-state index in [1.807, 2.05) is 6.07 Å². The summed E-state index contributed by atoms with van der Waals surface area (Å²) in [5, 5.41) is 0.788. The summed E-state index contributed by atoms with van der Waals surface area (Å²) in [6.45, 7) is 0. The second-order valence-electron chi connectivity index (χ2n) is 3.68. The van der Waals surface area contributed by atoms with Crippen LogP contribution in [0.2, 0.25) is 0 Å². The van der Waals surface area contributed by atoms with Gasteiger partial charge in [0.1, 0.15) is 17.3 Å². The molecule has 0 aliphatic rings. The van der Waals surface area contributed by atoms with Gasteiger partial charge >= 0.3 is 0 Å². The smallest absolute Gasteiger partial charge is 0.163 e. The highest BCUT2D eigenvalue weighted by Gasteiger charge is 2.07. The Morgan fingerprint density at radius 3 is 2.59 bits per heavy atom. The molecule has 0 spiro atoms. The number of nitrogens with two attached hydrogens (primary N) is 1. The first-order valence-electron chi connectivity index (χ1n) is 5.10. The minimum Gasteiger partial charge on any atom is -0.383 e. The van der Waals surface area contributed by atoms with Crippen molar-refractivity contribution in [2.24, 2.45) is 0 Å². The zero-order valence-corrected chi connectivity index (χ0v) is 8.81. The second-order valence-corrected chi connectivity index (χ2v) is 3.68. The Morgan fingerprint density at radius 2 is 1.82 bits per heavy atom. The zero-order valence-electron chi connectivity index (χ0n) is 8.81. The van der Waals surface area contributed by atoms with Crippen molar-refractivity contribution in [3.63, 3.8) is 0 Å². The maximum absolute atomic E-state index is 12.8. The topological polar surface area (TPSA) is 67.6 Å². The van der Waals surface area contributed by atoms with E-state index >= 15 is 0 Å². The molecule has 4 nitrogen and oxygen atoms in total. The predicted molar refractivity (Wildman–Crippen MR) is 63.7 cm³/mol. The number of H-pyrrole nitrogens is 1. The average molecular weight is 228 g/mol. The van der Waals surface area contributed by atoms with Crippen molar-refractivity contribution in [1.82, 2.24) is 15.0 Å². The molecule has 17 heavy (non-hydrogen) atoms. The van der Waals surface area contributed by atoms with Gasteiger partial charge in [0.25, 0.3) is 0 Å². The van der Waals surface area contributed by atoms with Crippen molar-refractivity contribution in [2.45, 2.75) is 0 Å². The highest BCUT2D eigenvalue weighted by Crippen LogP contribution is 2.22. The largest absolute Gasteiger partial charge is 0.383 e. The van der Waals surface area contributed by atoms with E-state index in [0.717, 1.165) is 10.9 Å². The molecule has 2 aromatic heterocycles. The number of benzene rings is 1. The molecule has 0 aliphatic carbocycles. The molecule has 2 heterocycles. The monoisotopic (exact) mass is 228 g/mol. The van der Waals surface area contributed by atoms with E-state index in [-0.39, 0.29) is 5.82 Å². The van der Waals surface area contributed by atoms with E-state index in [4.69, 9.17) is 5.73 Å². The number of fused-ring (bicyclic) bond motifs is 1. The van der Waals surface area contributed by atoms with Gasteiger partial charge in [0.05, 0.1) is 5.39 Å². The van der Waals surface area contributed by atoms with E-state index in [9.17, 15) is 4.39 Å². The fourth-order valence-corrected chi connectivity index (χ4v) is 1.69. The highest BCUT2D eigenvalue weighted by molar-refractivity contribution is 5.87. The molecular weight excluding hydrogens is 219 g/mol. The van der Waals surface area contributed by atoms with Gasteiger partial charge in [0, 0.05) is 11.8 Å². The Hall–Kier alpha value is -2.43. The minimum atomic E-state index is -0.289. The number of nitrogens with one attached hydrogen (secondary N) is 1. The number of halogens is 1. The summed E-state index contributed by atoms with van der Waals surface area (Å²) in [6.07, 6.45) is 1.75. The summed E-state index contributed by atoms with van der Waals surface area (Å²) in [5.41, 5.74) is 7.23. The number of hydrogen-bond acceptors (Lipinski definition) is 3. The molecule has 0 atom stereocenters. The maximum Gasteiger partial charge on any atom is 0.163 e. The highest BCUT2D eigenvalue weighted by atomic mass is 19.1. The Kier molecular flexibility index (Phi) is 2.04. The molecule has 0 aliphatic heterocycles. The van der Waals surface area contributed by atoms with Gasteiger partial charge in [-0.25, -0.2) is 14.4 Å². The normalized spacial score (nSPS) is 10.9. The van der Waals surface area contributed by atoms with Gasteiger partial charge in [-0.15, -0.1) is 0 Å². The van der Waals surface area contributed by atoms with Crippen LogP contribution in [-0.4, -0.2) is 15.0 Å². The molecule has 3 rings (SSSR count). The molecule has 0 amide bonds. The van der Waals surface area contributed by atoms with Crippen molar-refractivity contribution in [1.29, 1.82) is 0 Å². The summed E-state index contributed by atoms with van der Waals surface area (Å²) >= 11 is 0. The van der Waals surface area contributed by atoms with Crippen LogP contribution in [0.15, 0.2) is 36.5 Å². The lowest BCUT2D eigenvalue weighted by Gasteiger charge is -2.02. The Morgan fingerprint density at radius 1 is 1.06 bits per heavy atom. The molecular formula is C12H9FN4. The van der Waals surface area contributed by atoms with Gasteiger partial charge in [0.15, 0.2) is 5.82 Å². The SMILES string of the molecule is Nc1nc(-c2ccc(F)cc2)nc2[nH]ccc12. The lowest BCUT2D eigenvalue weighted by atomic mass is 10.2. The third-order valence-corrected chi connectivity index (χ3v) is 2.55. The predicted octanol–water partition coefficient (Wildman–Crippen LogP) is 2.35. The van der Waals surface area contributed by atoms with Crippen LogP contribution in [0.1, 0.15) is 0 Å². The number of aromatic nitrogens is 3. The molecule has 0 saturated heterocycles. The summed E-state index contributed by atoms with van der Waals surface area (Å²) in [6, 6.07) is 7.80. The molecule has 1 aromatic carbocycles. The van der Waals surface area contributed by atoms with Gasteiger partial charge in [-0.2, -0.15) is 0 Å². The molecule has 3 N–H and O–H groups in total. The van der Waals surface area contributed by atoms with Crippen LogP contribution < -0.4 is 5.73 Å². The van der Waals surface area contributed by atoms with E-state index < -0.39 is 0 Å². The first-order chi connectivity index (χ1) is 8.24. The van der Waals surface area contributed by atoms with Crippen LogP contribution in [-0.2, 0) is 0 Å². The van der Waals surface area contributed by atoms with E-state index in [2.05, 4.69) is 15.0 Å².